The van der Waals surface area contributed by atoms with Gasteiger partial charge in [-0.15, -0.1) is 0 Å². The van der Waals surface area contributed by atoms with Crippen LogP contribution in [0.15, 0.2) is 18.2 Å². The molecule has 4 heteroatoms. The Bertz CT molecular complexity index is 534. The fourth-order valence-electron chi connectivity index (χ4n) is 3.13. The van der Waals surface area contributed by atoms with Crippen LogP contribution in [-0.2, 0) is 11.3 Å². The molecule has 0 spiro atoms. The quantitative estimate of drug-likeness (QED) is 0.878. The normalized spacial score (nSPS) is 21.1. The summed E-state index contributed by atoms with van der Waals surface area (Å²) in [4.78, 5) is 14.9. The number of rotatable bonds is 6. The average Bonchev–Trinajstić information content (AvgIpc) is 3.19. The van der Waals surface area contributed by atoms with E-state index >= 15 is 0 Å². The van der Waals surface area contributed by atoms with Gasteiger partial charge in [0.1, 0.15) is 0 Å². The summed E-state index contributed by atoms with van der Waals surface area (Å²) in [5, 5.41) is 0. The van der Waals surface area contributed by atoms with Gasteiger partial charge in [-0.05, 0) is 61.8 Å². The molecule has 0 aromatic heterocycles. The third-order valence-electron chi connectivity index (χ3n) is 4.72. The van der Waals surface area contributed by atoms with E-state index in [9.17, 15) is 4.79 Å². The predicted octanol–water partition coefficient (Wildman–Crippen LogP) is 2.48. The highest BCUT2D eigenvalue weighted by atomic mass is 16.5. The van der Waals surface area contributed by atoms with Crippen molar-refractivity contribution in [3.63, 3.8) is 0 Å². The number of ether oxygens (including phenoxy) is 1. The Morgan fingerprint density at radius 3 is 2.73 bits per heavy atom. The van der Waals surface area contributed by atoms with Crippen LogP contribution in [-0.4, -0.2) is 36.6 Å². The van der Waals surface area contributed by atoms with Gasteiger partial charge in [0, 0.05) is 31.8 Å². The number of carbonyl (C=O) groups excluding carboxylic acids is 1. The largest absolute Gasteiger partial charge is 0.376 e. The topological polar surface area (TPSA) is 55.6 Å². The highest BCUT2D eigenvalue weighted by Gasteiger charge is 2.30. The molecule has 1 aliphatic heterocycles. The van der Waals surface area contributed by atoms with Crippen molar-refractivity contribution < 1.29 is 9.53 Å². The lowest BCUT2D eigenvalue weighted by Gasteiger charge is -2.26. The number of hydrogen-bond acceptors (Lipinski definition) is 3. The molecule has 1 heterocycles. The van der Waals surface area contributed by atoms with Crippen molar-refractivity contribution in [2.75, 3.05) is 19.7 Å². The van der Waals surface area contributed by atoms with Crippen LogP contribution in [0.5, 0.6) is 0 Å². The molecule has 2 N–H and O–H groups in total. The van der Waals surface area contributed by atoms with Crippen molar-refractivity contribution >= 4 is 5.91 Å². The molecular formula is C18H26N2O2. The van der Waals surface area contributed by atoms with E-state index in [0.717, 1.165) is 49.2 Å². The van der Waals surface area contributed by atoms with Crippen molar-refractivity contribution in [2.24, 2.45) is 11.7 Å². The van der Waals surface area contributed by atoms with E-state index in [1.165, 1.54) is 12.8 Å². The van der Waals surface area contributed by atoms with Crippen LogP contribution in [0.2, 0.25) is 0 Å². The summed E-state index contributed by atoms with van der Waals surface area (Å²) in [5.74, 6) is 0.823. The standard InChI is InChI=1S/C18H26N2O2/c1-13-9-15(6-7-16(13)10-19)18(21)20(11-14-4-5-14)12-17-3-2-8-22-17/h6-7,9,14,17H,2-5,8,10-12,19H2,1H3. The van der Waals surface area contributed by atoms with Gasteiger partial charge in [0.15, 0.2) is 0 Å². The monoisotopic (exact) mass is 302 g/mol. The first-order valence-electron chi connectivity index (χ1n) is 8.38. The number of benzene rings is 1. The lowest BCUT2D eigenvalue weighted by molar-refractivity contribution is 0.0515. The molecule has 22 heavy (non-hydrogen) atoms. The second kappa shape index (κ2) is 6.80. The number of carbonyl (C=O) groups is 1. The fourth-order valence-corrected chi connectivity index (χ4v) is 3.13. The summed E-state index contributed by atoms with van der Waals surface area (Å²) in [5.41, 5.74) is 8.68. The SMILES string of the molecule is Cc1cc(C(=O)N(CC2CC2)CC2CCCO2)ccc1CN. The van der Waals surface area contributed by atoms with E-state index in [2.05, 4.69) is 0 Å². The Hall–Kier alpha value is -1.39. The zero-order chi connectivity index (χ0) is 15.5. The minimum atomic E-state index is 0.133. The highest BCUT2D eigenvalue weighted by Crippen LogP contribution is 2.31. The molecule has 0 radical (unpaired) electrons. The summed E-state index contributed by atoms with van der Waals surface area (Å²) >= 11 is 0. The van der Waals surface area contributed by atoms with Gasteiger partial charge in [-0.25, -0.2) is 0 Å². The van der Waals surface area contributed by atoms with Gasteiger partial charge in [-0.2, -0.15) is 0 Å². The Morgan fingerprint density at radius 1 is 1.32 bits per heavy atom. The molecule has 1 saturated carbocycles. The molecule has 1 amide bonds. The summed E-state index contributed by atoms with van der Waals surface area (Å²) in [6.45, 7) is 4.97. The zero-order valence-electron chi connectivity index (χ0n) is 13.4. The first-order chi connectivity index (χ1) is 10.7. The van der Waals surface area contributed by atoms with E-state index in [-0.39, 0.29) is 12.0 Å². The van der Waals surface area contributed by atoms with Gasteiger partial charge in [-0.1, -0.05) is 6.07 Å². The Morgan fingerprint density at radius 2 is 2.14 bits per heavy atom. The van der Waals surface area contributed by atoms with Crippen molar-refractivity contribution in [1.29, 1.82) is 0 Å². The van der Waals surface area contributed by atoms with Crippen LogP contribution < -0.4 is 5.73 Å². The predicted molar refractivity (Wildman–Crippen MR) is 86.7 cm³/mol. The maximum atomic E-state index is 12.9. The number of aryl methyl sites for hydroxylation is 1. The third kappa shape index (κ3) is 3.68. The molecule has 1 aromatic carbocycles. The molecule has 1 aromatic rings. The second-order valence-electron chi connectivity index (χ2n) is 6.63. The number of hydrogen-bond donors (Lipinski definition) is 1. The molecule has 1 atom stereocenters. The molecule has 1 saturated heterocycles. The third-order valence-corrected chi connectivity index (χ3v) is 4.72. The van der Waals surface area contributed by atoms with E-state index in [0.29, 0.717) is 12.5 Å². The summed E-state index contributed by atoms with van der Waals surface area (Å²) in [7, 11) is 0. The molecule has 3 rings (SSSR count). The van der Waals surface area contributed by atoms with Crippen LogP contribution >= 0.6 is 0 Å². The van der Waals surface area contributed by atoms with Gasteiger partial charge in [0.05, 0.1) is 6.10 Å². The van der Waals surface area contributed by atoms with E-state index in [4.69, 9.17) is 10.5 Å². The van der Waals surface area contributed by atoms with Crippen LogP contribution in [0.25, 0.3) is 0 Å². The van der Waals surface area contributed by atoms with Gasteiger partial charge in [-0.3, -0.25) is 4.79 Å². The van der Waals surface area contributed by atoms with Crippen LogP contribution in [0.3, 0.4) is 0 Å². The van der Waals surface area contributed by atoms with Crippen molar-refractivity contribution in [1.82, 2.24) is 4.90 Å². The molecule has 120 valence electrons. The zero-order valence-corrected chi connectivity index (χ0v) is 13.4. The van der Waals surface area contributed by atoms with Crippen molar-refractivity contribution in [3.8, 4) is 0 Å². The Kier molecular flexibility index (Phi) is 4.79. The maximum absolute atomic E-state index is 12.9. The average molecular weight is 302 g/mol. The summed E-state index contributed by atoms with van der Waals surface area (Å²) in [6.07, 6.45) is 4.90. The van der Waals surface area contributed by atoms with Crippen LogP contribution in [0, 0.1) is 12.8 Å². The maximum Gasteiger partial charge on any atom is 0.253 e. The van der Waals surface area contributed by atoms with Crippen molar-refractivity contribution in [2.45, 2.75) is 45.3 Å². The van der Waals surface area contributed by atoms with Crippen LogP contribution in [0.4, 0.5) is 0 Å². The number of nitrogens with zero attached hydrogens (tertiary/aromatic N) is 1. The molecule has 1 unspecified atom stereocenters. The molecule has 1 aliphatic carbocycles. The number of amides is 1. The molecule has 4 nitrogen and oxygen atoms in total. The summed E-state index contributed by atoms with van der Waals surface area (Å²) < 4.78 is 5.72. The van der Waals surface area contributed by atoms with Gasteiger partial charge < -0.3 is 15.4 Å². The number of nitrogens with two attached hydrogens (primary N) is 1. The smallest absolute Gasteiger partial charge is 0.253 e. The molecule has 2 fully saturated rings. The molecule has 2 aliphatic rings. The van der Waals surface area contributed by atoms with E-state index < -0.39 is 0 Å². The molecule has 0 bridgehead atoms. The lowest BCUT2D eigenvalue weighted by atomic mass is 10.0. The highest BCUT2D eigenvalue weighted by molar-refractivity contribution is 5.94. The van der Waals surface area contributed by atoms with E-state index in [1.54, 1.807) is 0 Å². The first-order valence-corrected chi connectivity index (χ1v) is 8.38. The van der Waals surface area contributed by atoms with Gasteiger partial charge in [0.25, 0.3) is 5.91 Å². The van der Waals surface area contributed by atoms with Gasteiger partial charge >= 0.3 is 0 Å². The fraction of sp³-hybridized carbons (Fsp3) is 0.611. The van der Waals surface area contributed by atoms with Crippen LogP contribution in [0.1, 0.15) is 47.2 Å². The van der Waals surface area contributed by atoms with E-state index in [1.807, 2.05) is 30.0 Å². The lowest BCUT2D eigenvalue weighted by Crippen LogP contribution is -2.38. The van der Waals surface area contributed by atoms with Crippen molar-refractivity contribution in [3.05, 3.63) is 34.9 Å². The molecular weight excluding hydrogens is 276 g/mol. The minimum absolute atomic E-state index is 0.133. The van der Waals surface area contributed by atoms with Gasteiger partial charge in [0.2, 0.25) is 0 Å². The first kappa shape index (κ1) is 15.5. The Balaban J connectivity index is 1.73. The summed E-state index contributed by atoms with van der Waals surface area (Å²) in [6, 6.07) is 5.86. The minimum Gasteiger partial charge on any atom is -0.376 e. The Labute approximate surface area is 132 Å². The second-order valence-corrected chi connectivity index (χ2v) is 6.63.